The maximum Gasteiger partial charge on any atom is 0.278 e. The highest BCUT2D eigenvalue weighted by atomic mass is 35.5. The molecular weight excluding hydrogens is 452 g/mol. The largest absolute Gasteiger partial charge is 1.00 e. The van der Waals surface area contributed by atoms with Crippen molar-refractivity contribution in [3.05, 3.63) is 71.8 Å². The van der Waals surface area contributed by atoms with Gasteiger partial charge in [-0.2, -0.15) is 0 Å². The Morgan fingerprint density at radius 3 is 2.09 bits per heavy atom. The van der Waals surface area contributed by atoms with Gasteiger partial charge in [-0.1, -0.05) is 67.6 Å². The number of carbonyl (C=O) groups is 3. The second-order valence-electron chi connectivity index (χ2n) is 9.00. The molecule has 0 bridgehead atoms. The molecule has 0 spiro atoms. The molecule has 7 nitrogen and oxygen atoms in total. The van der Waals surface area contributed by atoms with E-state index in [1.165, 1.54) is 0 Å². The van der Waals surface area contributed by atoms with Crippen LogP contribution in [0.4, 0.5) is 0 Å². The number of halogens is 1. The fourth-order valence-corrected chi connectivity index (χ4v) is 4.92. The first-order chi connectivity index (χ1) is 16.0. The van der Waals surface area contributed by atoms with Crippen LogP contribution in [-0.4, -0.2) is 46.8 Å². The predicted octanol–water partition coefficient (Wildman–Crippen LogP) is -1.45. The third-order valence-corrected chi connectivity index (χ3v) is 6.88. The standard InChI is InChI=1S/C26H32N4O3.ClH/c1-2-20(27)24(31)28-21-15-13-19-14-16-22(30(19)26(21)33)25(32)29-23(17-9-5-3-6-10-17)18-11-7-4-8-12-18;/h3-12,19-23H,2,13-16,27H2,1H3,(H,28,31)(H,29,32);1H/t19-,20+,21+,22+;/m1./s1. The van der Waals surface area contributed by atoms with Gasteiger partial charge in [-0.3, -0.25) is 14.4 Å². The van der Waals surface area contributed by atoms with Crippen LogP contribution in [0.15, 0.2) is 60.7 Å². The second kappa shape index (κ2) is 11.5. The molecule has 34 heavy (non-hydrogen) atoms. The molecule has 4 rings (SSSR count). The number of rotatable bonds is 7. The van der Waals surface area contributed by atoms with Crippen molar-refractivity contribution in [3.8, 4) is 0 Å². The Hall–Kier alpha value is -2.90. The minimum Gasteiger partial charge on any atom is -1.00 e. The van der Waals surface area contributed by atoms with E-state index in [-0.39, 0.29) is 48.3 Å². The minimum atomic E-state index is -0.586. The third kappa shape index (κ3) is 5.42. The fraction of sp³-hybridized carbons (Fsp3) is 0.423. The van der Waals surface area contributed by atoms with Crippen molar-refractivity contribution in [1.82, 2.24) is 15.5 Å². The number of quaternary nitrogens is 1. The van der Waals surface area contributed by atoms with Crippen molar-refractivity contribution in [1.29, 1.82) is 0 Å². The van der Waals surface area contributed by atoms with Crippen LogP contribution in [-0.2, 0) is 14.4 Å². The van der Waals surface area contributed by atoms with Crippen molar-refractivity contribution >= 4 is 17.7 Å². The molecule has 3 amide bonds. The summed E-state index contributed by atoms with van der Waals surface area (Å²) in [5.74, 6) is -0.515. The van der Waals surface area contributed by atoms with E-state index in [4.69, 9.17) is 0 Å². The summed E-state index contributed by atoms with van der Waals surface area (Å²) in [6.07, 6.45) is 3.44. The first kappa shape index (κ1) is 25.7. The van der Waals surface area contributed by atoms with E-state index in [0.717, 1.165) is 24.0 Å². The lowest BCUT2D eigenvalue weighted by molar-refractivity contribution is -0.404. The lowest BCUT2D eigenvalue weighted by Crippen LogP contribution is -3.00. The number of hydrogen-bond acceptors (Lipinski definition) is 3. The van der Waals surface area contributed by atoms with Crippen LogP contribution in [0, 0.1) is 0 Å². The van der Waals surface area contributed by atoms with E-state index in [1.54, 1.807) is 4.90 Å². The molecule has 4 atom stereocenters. The predicted molar refractivity (Wildman–Crippen MR) is 125 cm³/mol. The molecule has 2 aliphatic rings. The van der Waals surface area contributed by atoms with Gasteiger partial charge in [0, 0.05) is 12.5 Å². The number of amides is 3. The summed E-state index contributed by atoms with van der Waals surface area (Å²) in [6.45, 7) is 1.90. The molecule has 2 aromatic carbocycles. The lowest BCUT2D eigenvalue weighted by atomic mass is 9.97. The maximum atomic E-state index is 13.5. The Kier molecular flexibility index (Phi) is 8.69. The number of carbonyl (C=O) groups excluding carboxylic acids is 3. The van der Waals surface area contributed by atoms with Crippen LogP contribution in [0.5, 0.6) is 0 Å². The Morgan fingerprint density at radius 1 is 0.971 bits per heavy atom. The Labute approximate surface area is 206 Å². The summed E-state index contributed by atoms with van der Waals surface area (Å²) in [5, 5.41) is 6.06. The highest BCUT2D eigenvalue weighted by molar-refractivity contribution is 5.94. The summed E-state index contributed by atoms with van der Waals surface area (Å²) in [5.41, 5.74) is 5.82. The molecule has 8 heteroatoms. The van der Waals surface area contributed by atoms with Crippen LogP contribution in [0.25, 0.3) is 0 Å². The molecule has 0 aromatic heterocycles. The normalized spacial score (nSPS) is 22.5. The Morgan fingerprint density at radius 2 is 1.53 bits per heavy atom. The van der Waals surface area contributed by atoms with Gasteiger partial charge in [0.05, 0.1) is 6.04 Å². The van der Waals surface area contributed by atoms with Gasteiger partial charge in [0.1, 0.15) is 12.1 Å². The number of piperidine rings is 1. The molecule has 0 unspecified atom stereocenters. The molecule has 0 radical (unpaired) electrons. The number of hydrogen-bond donors (Lipinski definition) is 3. The van der Waals surface area contributed by atoms with Crippen molar-refractivity contribution < 1.29 is 32.5 Å². The highest BCUT2D eigenvalue weighted by Crippen LogP contribution is 2.33. The van der Waals surface area contributed by atoms with Gasteiger partial charge in [0.15, 0.2) is 6.04 Å². The van der Waals surface area contributed by atoms with E-state index in [9.17, 15) is 14.4 Å². The third-order valence-electron chi connectivity index (χ3n) is 6.88. The van der Waals surface area contributed by atoms with Crippen LogP contribution < -0.4 is 28.8 Å². The Bertz CT molecular complexity index is 949. The number of fused-ring (bicyclic) bond motifs is 1. The Balaban J connectivity index is 0.00000324. The summed E-state index contributed by atoms with van der Waals surface area (Å²) < 4.78 is 0. The van der Waals surface area contributed by atoms with Crippen LogP contribution in [0.1, 0.15) is 56.2 Å². The molecule has 2 aliphatic heterocycles. The van der Waals surface area contributed by atoms with Gasteiger partial charge in [0.2, 0.25) is 11.8 Å². The van der Waals surface area contributed by atoms with Gasteiger partial charge >= 0.3 is 0 Å². The minimum absolute atomic E-state index is 0. The van der Waals surface area contributed by atoms with E-state index in [0.29, 0.717) is 19.3 Å². The number of nitrogens with one attached hydrogen (secondary N) is 2. The summed E-state index contributed by atoms with van der Waals surface area (Å²) in [6, 6.07) is 18.0. The summed E-state index contributed by atoms with van der Waals surface area (Å²) in [4.78, 5) is 40.8. The molecule has 2 saturated heterocycles. The number of nitrogens with zero attached hydrogens (tertiary/aromatic N) is 1. The topological polar surface area (TPSA) is 106 Å². The lowest BCUT2D eigenvalue weighted by Gasteiger charge is -2.38. The zero-order valence-corrected chi connectivity index (χ0v) is 20.2. The molecule has 2 aromatic rings. The van der Waals surface area contributed by atoms with E-state index >= 15 is 0 Å². The van der Waals surface area contributed by atoms with Crippen molar-refractivity contribution in [3.63, 3.8) is 0 Å². The van der Waals surface area contributed by atoms with E-state index in [1.807, 2.05) is 67.6 Å². The SMILES string of the molecule is CC[C@H]([NH3+])C(=O)N[C@H]1CC[C@@H]2CC[C@@H](C(=O)NC(c3ccccc3)c3ccccc3)N2C1=O.[Cl-]. The maximum absolute atomic E-state index is 13.5. The molecule has 182 valence electrons. The fourth-order valence-electron chi connectivity index (χ4n) is 4.92. The van der Waals surface area contributed by atoms with E-state index in [2.05, 4.69) is 16.4 Å². The zero-order chi connectivity index (χ0) is 23.4. The molecular formula is C26H33ClN4O3. The van der Waals surface area contributed by atoms with Gasteiger partial charge in [-0.05, 0) is 36.8 Å². The molecule has 0 aliphatic carbocycles. The van der Waals surface area contributed by atoms with Crippen LogP contribution in [0.2, 0.25) is 0 Å². The quantitative estimate of drug-likeness (QED) is 0.448. The average molecular weight is 485 g/mol. The zero-order valence-electron chi connectivity index (χ0n) is 19.5. The van der Waals surface area contributed by atoms with Gasteiger partial charge < -0.3 is 33.7 Å². The van der Waals surface area contributed by atoms with Gasteiger partial charge in [-0.25, -0.2) is 0 Å². The van der Waals surface area contributed by atoms with Crippen LogP contribution >= 0.6 is 0 Å². The van der Waals surface area contributed by atoms with E-state index < -0.39 is 12.1 Å². The van der Waals surface area contributed by atoms with Crippen LogP contribution in [0.3, 0.4) is 0 Å². The summed E-state index contributed by atoms with van der Waals surface area (Å²) >= 11 is 0. The monoisotopic (exact) mass is 484 g/mol. The number of benzene rings is 2. The van der Waals surface area contributed by atoms with Crippen molar-refractivity contribution in [2.24, 2.45) is 0 Å². The summed E-state index contributed by atoms with van der Waals surface area (Å²) in [7, 11) is 0. The van der Waals surface area contributed by atoms with Gasteiger partial charge in [-0.15, -0.1) is 0 Å². The first-order valence-electron chi connectivity index (χ1n) is 11.9. The second-order valence-corrected chi connectivity index (χ2v) is 9.00. The highest BCUT2D eigenvalue weighted by Gasteiger charge is 2.46. The average Bonchev–Trinajstić information content (AvgIpc) is 3.29. The van der Waals surface area contributed by atoms with Gasteiger partial charge in [0.25, 0.3) is 5.91 Å². The smallest absolute Gasteiger partial charge is 0.278 e. The first-order valence-corrected chi connectivity index (χ1v) is 11.9. The molecule has 2 fully saturated rings. The van der Waals surface area contributed by atoms with Crippen molar-refractivity contribution in [2.45, 2.75) is 69.2 Å². The van der Waals surface area contributed by atoms with Crippen molar-refractivity contribution in [2.75, 3.05) is 0 Å². The molecule has 0 saturated carbocycles. The molecule has 5 N–H and O–H groups in total. The molecule has 2 heterocycles.